The fourth-order valence-electron chi connectivity index (χ4n) is 1.75. The molecule has 1 aromatic rings. The minimum Gasteiger partial charge on any atom is -0.304 e. The first-order chi connectivity index (χ1) is 8.63. The second-order valence-corrected chi connectivity index (χ2v) is 4.09. The van der Waals surface area contributed by atoms with Gasteiger partial charge in [-0.2, -0.15) is 0 Å². The lowest BCUT2D eigenvalue weighted by Crippen LogP contribution is -2.34. The molecule has 0 saturated heterocycles. The molecule has 0 saturated carbocycles. The van der Waals surface area contributed by atoms with E-state index in [1.165, 1.54) is 17.0 Å². The number of hydrogen-bond acceptors (Lipinski definition) is 2. The Hall–Kier alpha value is -1.42. The lowest BCUT2D eigenvalue weighted by Gasteiger charge is -2.22. The summed E-state index contributed by atoms with van der Waals surface area (Å²) in [6.07, 6.45) is 2.17. The normalized spacial score (nSPS) is 10.2. The third-order valence-electron chi connectivity index (χ3n) is 2.53. The molecular formula is C13H15ClFNO2. The SMILES string of the molecule is CCCc1ccc(F)cc1N(CC=O)C(=O)CCl. The summed E-state index contributed by atoms with van der Waals surface area (Å²) in [5.74, 6) is -1.09. The molecule has 0 unspecified atom stereocenters. The van der Waals surface area contributed by atoms with Gasteiger partial charge in [-0.3, -0.25) is 4.79 Å². The zero-order valence-electron chi connectivity index (χ0n) is 10.2. The summed E-state index contributed by atoms with van der Waals surface area (Å²) in [4.78, 5) is 23.5. The molecule has 0 bridgehead atoms. The number of amides is 1. The van der Waals surface area contributed by atoms with Gasteiger partial charge in [0.25, 0.3) is 0 Å². The summed E-state index contributed by atoms with van der Waals surface area (Å²) in [6.45, 7) is 1.87. The van der Waals surface area contributed by atoms with Gasteiger partial charge in [-0.05, 0) is 24.1 Å². The fraction of sp³-hybridized carbons (Fsp3) is 0.385. The van der Waals surface area contributed by atoms with Crippen molar-refractivity contribution in [3.63, 3.8) is 0 Å². The van der Waals surface area contributed by atoms with E-state index in [4.69, 9.17) is 11.6 Å². The van der Waals surface area contributed by atoms with E-state index in [1.807, 2.05) is 6.92 Å². The van der Waals surface area contributed by atoms with Crippen molar-refractivity contribution in [3.8, 4) is 0 Å². The summed E-state index contributed by atoms with van der Waals surface area (Å²) in [7, 11) is 0. The predicted octanol–water partition coefficient (Wildman–Crippen LogP) is 2.55. The number of rotatable bonds is 6. The fourth-order valence-corrected chi connectivity index (χ4v) is 1.89. The number of carbonyl (C=O) groups excluding carboxylic acids is 2. The maximum atomic E-state index is 13.3. The van der Waals surface area contributed by atoms with Gasteiger partial charge in [-0.15, -0.1) is 11.6 Å². The van der Waals surface area contributed by atoms with Crippen LogP contribution in [0, 0.1) is 5.82 Å². The van der Waals surface area contributed by atoms with Crippen LogP contribution in [0.25, 0.3) is 0 Å². The van der Waals surface area contributed by atoms with E-state index in [1.54, 1.807) is 6.07 Å². The van der Waals surface area contributed by atoms with Gasteiger partial charge in [-0.1, -0.05) is 19.4 Å². The Morgan fingerprint density at radius 2 is 2.22 bits per heavy atom. The summed E-state index contributed by atoms with van der Waals surface area (Å²) in [5.41, 5.74) is 1.26. The Morgan fingerprint density at radius 3 is 2.78 bits per heavy atom. The third kappa shape index (κ3) is 3.53. The molecule has 0 N–H and O–H groups in total. The molecule has 1 amide bonds. The minimum atomic E-state index is -0.442. The van der Waals surface area contributed by atoms with E-state index in [2.05, 4.69) is 0 Å². The van der Waals surface area contributed by atoms with E-state index < -0.39 is 11.7 Å². The number of benzene rings is 1. The molecule has 18 heavy (non-hydrogen) atoms. The van der Waals surface area contributed by atoms with Crippen LogP contribution in [0.5, 0.6) is 0 Å². The zero-order chi connectivity index (χ0) is 13.5. The Labute approximate surface area is 111 Å². The third-order valence-corrected chi connectivity index (χ3v) is 2.76. The first-order valence-electron chi connectivity index (χ1n) is 5.72. The number of nitrogens with zero attached hydrogens (tertiary/aromatic N) is 1. The van der Waals surface area contributed by atoms with Gasteiger partial charge >= 0.3 is 0 Å². The highest BCUT2D eigenvalue weighted by Crippen LogP contribution is 2.23. The van der Waals surface area contributed by atoms with Crippen LogP contribution < -0.4 is 4.90 Å². The number of aldehydes is 1. The number of carbonyl (C=O) groups is 2. The second kappa shape index (κ2) is 7.11. The van der Waals surface area contributed by atoms with Crippen LogP contribution in [-0.2, 0) is 16.0 Å². The van der Waals surface area contributed by atoms with E-state index in [9.17, 15) is 14.0 Å². The van der Waals surface area contributed by atoms with E-state index in [-0.39, 0.29) is 12.4 Å². The number of anilines is 1. The van der Waals surface area contributed by atoms with Crippen LogP contribution in [-0.4, -0.2) is 24.6 Å². The molecule has 1 aromatic carbocycles. The lowest BCUT2D eigenvalue weighted by atomic mass is 10.1. The highest BCUT2D eigenvalue weighted by Gasteiger charge is 2.17. The molecule has 0 aromatic heterocycles. The van der Waals surface area contributed by atoms with Crippen LogP contribution in [0.2, 0.25) is 0 Å². The molecule has 0 atom stereocenters. The van der Waals surface area contributed by atoms with Gasteiger partial charge in [0, 0.05) is 0 Å². The molecule has 1 rings (SSSR count). The molecule has 0 aliphatic heterocycles. The summed E-state index contributed by atoms with van der Waals surface area (Å²) < 4.78 is 13.3. The maximum Gasteiger partial charge on any atom is 0.242 e. The van der Waals surface area contributed by atoms with Crippen molar-refractivity contribution in [3.05, 3.63) is 29.6 Å². The average Bonchev–Trinajstić information content (AvgIpc) is 2.37. The minimum absolute atomic E-state index is 0.119. The van der Waals surface area contributed by atoms with Crippen LogP contribution in [0.1, 0.15) is 18.9 Å². The van der Waals surface area contributed by atoms with Crippen molar-refractivity contribution in [2.24, 2.45) is 0 Å². The van der Waals surface area contributed by atoms with Crippen LogP contribution in [0.15, 0.2) is 18.2 Å². The highest BCUT2D eigenvalue weighted by atomic mass is 35.5. The standard InChI is InChI=1S/C13H15ClFNO2/c1-2-3-10-4-5-11(15)8-12(10)16(6-7-17)13(18)9-14/h4-5,7-8H,2-3,6,9H2,1H3. The molecule has 98 valence electrons. The van der Waals surface area contributed by atoms with Gasteiger partial charge in [0.05, 0.1) is 12.2 Å². The van der Waals surface area contributed by atoms with Crippen molar-refractivity contribution in [1.82, 2.24) is 0 Å². The Bertz CT molecular complexity index is 437. The number of aryl methyl sites for hydroxylation is 1. The van der Waals surface area contributed by atoms with Gasteiger partial charge in [-0.25, -0.2) is 4.39 Å². The second-order valence-electron chi connectivity index (χ2n) is 3.83. The van der Waals surface area contributed by atoms with Crippen molar-refractivity contribution in [2.45, 2.75) is 19.8 Å². The van der Waals surface area contributed by atoms with Crippen molar-refractivity contribution in [2.75, 3.05) is 17.3 Å². The first kappa shape index (κ1) is 14.6. The highest BCUT2D eigenvalue weighted by molar-refractivity contribution is 6.29. The number of hydrogen-bond donors (Lipinski definition) is 0. The molecular weight excluding hydrogens is 257 g/mol. The summed E-state index contributed by atoms with van der Waals surface area (Å²) in [6, 6.07) is 4.24. The molecule has 0 aliphatic rings. The van der Waals surface area contributed by atoms with Crippen LogP contribution >= 0.6 is 11.6 Å². The Kier molecular flexibility index (Phi) is 5.78. The van der Waals surface area contributed by atoms with Crippen molar-refractivity contribution < 1.29 is 14.0 Å². The molecule has 3 nitrogen and oxygen atoms in total. The Morgan fingerprint density at radius 1 is 1.50 bits per heavy atom. The zero-order valence-corrected chi connectivity index (χ0v) is 10.9. The smallest absolute Gasteiger partial charge is 0.242 e. The molecule has 0 fully saturated rings. The van der Waals surface area contributed by atoms with Gasteiger partial charge in [0.1, 0.15) is 18.0 Å². The topological polar surface area (TPSA) is 37.4 Å². The summed E-state index contributed by atoms with van der Waals surface area (Å²) >= 11 is 5.50. The van der Waals surface area contributed by atoms with Gasteiger partial charge in [0.2, 0.25) is 5.91 Å². The first-order valence-corrected chi connectivity index (χ1v) is 6.25. The lowest BCUT2D eigenvalue weighted by molar-refractivity contribution is -0.117. The number of halogens is 2. The maximum absolute atomic E-state index is 13.3. The van der Waals surface area contributed by atoms with Crippen molar-refractivity contribution in [1.29, 1.82) is 0 Å². The summed E-state index contributed by atoms with van der Waals surface area (Å²) in [5, 5.41) is 0. The van der Waals surface area contributed by atoms with E-state index >= 15 is 0 Å². The van der Waals surface area contributed by atoms with Crippen LogP contribution in [0.3, 0.4) is 0 Å². The van der Waals surface area contributed by atoms with Crippen molar-refractivity contribution >= 4 is 29.5 Å². The quantitative estimate of drug-likeness (QED) is 0.589. The monoisotopic (exact) mass is 271 g/mol. The molecule has 0 radical (unpaired) electrons. The number of alkyl halides is 1. The van der Waals surface area contributed by atoms with E-state index in [0.717, 1.165) is 12.0 Å². The largest absolute Gasteiger partial charge is 0.304 e. The van der Waals surface area contributed by atoms with Gasteiger partial charge < -0.3 is 9.69 Å². The van der Waals surface area contributed by atoms with E-state index in [0.29, 0.717) is 18.4 Å². The molecule has 0 aliphatic carbocycles. The predicted molar refractivity (Wildman–Crippen MR) is 69.5 cm³/mol. The molecule has 0 spiro atoms. The van der Waals surface area contributed by atoms with Crippen LogP contribution in [0.4, 0.5) is 10.1 Å². The molecule has 0 heterocycles. The average molecular weight is 272 g/mol. The molecule has 5 heteroatoms. The Balaban J connectivity index is 3.19. The van der Waals surface area contributed by atoms with Gasteiger partial charge in [0.15, 0.2) is 0 Å².